The van der Waals surface area contributed by atoms with Gasteiger partial charge in [0.15, 0.2) is 0 Å². The average Bonchev–Trinajstić information content (AvgIpc) is 3.11. The SMILES string of the molecule is C=C1/C(=C\C=C2CCC[C@@]3(C)C2CC[C@@H]3[C@H](C)CCCC(C)(C)OC(C)=O)C[C@@H](OC(C)=O)CC1O. The number of carbonyl (C=O) groups is 2. The molecule has 3 aliphatic rings. The van der Waals surface area contributed by atoms with Crippen LogP contribution in [-0.2, 0) is 19.1 Å². The largest absolute Gasteiger partial charge is 0.462 e. The number of hydrogen-bond acceptors (Lipinski definition) is 5. The van der Waals surface area contributed by atoms with Gasteiger partial charge in [-0.05, 0) is 93.1 Å². The maximum Gasteiger partial charge on any atom is 0.303 e. The minimum absolute atomic E-state index is 0.205. The van der Waals surface area contributed by atoms with E-state index in [2.05, 4.69) is 32.6 Å². The van der Waals surface area contributed by atoms with Gasteiger partial charge in [0.05, 0.1) is 6.10 Å². The van der Waals surface area contributed by atoms with Gasteiger partial charge in [-0.3, -0.25) is 9.59 Å². The van der Waals surface area contributed by atoms with Crippen molar-refractivity contribution in [3.8, 4) is 0 Å². The molecule has 0 aromatic heterocycles. The van der Waals surface area contributed by atoms with E-state index >= 15 is 0 Å². The van der Waals surface area contributed by atoms with Crippen LogP contribution < -0.4 is 0 Å². The molecule has 0 aromatic rings. The minimum atomic E-state index is -0.660. The molecule has 1 N–H and O–H groups in total. The summed E-state index contributed by atoms with van der Waals surface area (Å²) in [6.07, 6.45) is 13.8. The lowest BCUT2D eigenvalue weighted by Crippen LogP contribution is -2.36. The second kappa shape index (κ2) is 11.7. The highest BCUT2D eigenvalue weighted by Gasteiger charge is 2.50. The van der Waals surface area contributed by atoms with Crippen molar-refractivity contribution in [3.05, 3.63) is 35.5 Å². The topological polar surface area (TPSA) is 72.8 Å². The van der Waals surface area contributed by atoms with Gasteiger partial charge in [-0.25, -0.2) is 0 Å². The fraction of sp³-hybridized carbons (Fsp3) is 0.742. The first-order valence-corrected chi connectivity index (χ1v) is 14.0. The Labute approximate surface area is 218 Å². The molecule has 3 fully saturated rings. The number of rotatable bonds is 8. The van der Waals surface area contributed by atoms with Gasteiger partial charge in [-0.1, -0.05) is 44.6 Å². The minimum Gasteiger partial charge on any atom is -0.462 e. The summed E-state index contributed by atoms with van der Waals surface area (Å²) in [6, 6.07) is 0. The molecule has 0 saturated heterocycles. The molecule has 5 heteroatoms. The van der Waals surface area contributed by atoms with Crippen molar-refractivity contribution in [2.24, 2.45) is 23.2 Å². The Balaban J connectivity index is 1.67. The summed E-state index contributed by atoms with van der Waals surface area (Å²) in [6.45, 7) is 16.0. The summed E-state index contributed by atoms with van der Waals surface area (Å²) in [5, 5.41) is 10.4. The summed E-state index contributed by atoms with van der Waals surface area (Å²) < 4.78 is 10.9. The van der Waals surface area contributed by atoms with Gasteiger partial charge >= 0.3 is 11.9 Å². The van der Waals surface area contributed by atoms with E-state index in [4.69, 9.17) is 9.47 Å². The van der Waals surface area contributed by atoms with Gasteiger partial charge in [-0.2, -0.15) is 0 Å². The van der Waals surface area contributed by atoms with E-state index in [0.717, 1.165) is 36.8 Å². The zero-order valence-corrected chi connectivity index (χ0v) is 23.4. The normalized spacial score (nSPS) is 33.9. The molecule has 0 aromatic carbocycles. The van der Waals surface area contributed by atoms with E-state index in [1.807, 2.05) is 13.8 Å². The van der Waals surface area contributed by atoms with E-state index in [1.165, 1.54) is 45.1 Å². The van der Waals surface area contributed by atoms with Crippen LogP contribution in [0.25, 0.3) is 0 Å². The maximum atomic E-state index is 11.4. The standard InChI is InChI=1S/C31H48O5/c1-20(10-8-16-30(5,6)36-23(4)33)27-14-15-28-24(11-9-17-31(27,28)7)12-13-25-18-26(35-22(3)32)19-29(34)21(25)2/h12-13,20,26-29,34H,2,8-11,14-19H2,1,3-7H3/b24-12?,25-13-/t20-,26-,27-,28?,29?,31-/m1/s1. The summed E-state index contributed by atoms with van der Waals surface area (Å²) >= 11 is 0. The van der Waals surface area contributed by atoms with E-state index in [-0.39, 0.29) is 18.0 Å². The Hall–Kier alpha value is -1.88. The molecule has 3 saturated carbocycles. The molecule has 0 bridgehead atoms. The molecule has 202 valence electrons. The number of esters is 2. The van der Waals surface area contributed by atoms with Crippen LogP contribution in [-0.4, -0.2) is 34.9 Å². The fourth-order valence-corrected chi connectivity index (χ4v) is 7.48. The Bertz CT molecular complexity index is 897. The molecule has 3 aliphatic carbocycles. The van der Waals surface area contributed by atoms with Gasteiger partial charge < -0.3 is 14.6 Å². The molecule has 0 amide bonds. The molecule has 3 rings (SSSR count). The van der Waals surface area contributed by atoms with E-state index in [0.29, 0.717) is 36.0 Å². The van der Waals surface area contributed by atoms with Gasteiger partial charge in [0, 0.05) is 26.7 Å². The second-order valence-electron chi connectivity index (χ2n) is 12.5. The maximum absolute atomic E-state index is 11.4. The fourth-order valence-electron chi connectivity index (χ4n) is 7.48. The van der Waals surface area contributed by atoms with Crippen molar-refractivity contribution < 1.29 is 24.2 Å². The lowest BCUT2D eigenvalue weighted by Gasteiger charge is -2.44. The zero-order chi connectivity index (χ0) is 26.7. The van der Waals surface area contributed by atoms with Crippen molar-refractivity contribution in [1.82, 2.24) is 0 Å². The number of hydrogen-bond donors (Lipinski definition) is 1. The number of allylic oxidation sites excluding steroid dienone is 3. The number of aliphatic hydroxyl groups excluding tert-OH is 1. The lowest BCUT2D eigenvalue weighted by atomic mass is 9.60. The van der Waals surface area contributed by atoms with Crippen LogP contribution in [0.3, 0.4) is 0 Å². The van der Waals surface area contributed by atoms with Crippen LogP contribution in [0.4, 0.5) is 0 Å². The van der Waals surface area contributed by atoms with Crippen molar-refractivity contribution in [2.75, 3.05) is 0 Å². The van der Waals surface area contributed by atoms with Crippen molar-refractivity contribution in [2.45, 2.75) is 124 Å². The average molecular weight is 501 g/mol. The summed E-state index contributed by atoms with van der Waals surface area (Å²) in [7, 11) is 0. The zero-order valence-electron chi connectivity index (χ0n) is 23.4. The van der Waals surface area contributed by atoms with Crippen molar-refractivity contribution >= 4 is 11.9 Å². The summed E-state index contributed by atoms with van der Waals surface area (Å²) in [5.41, 5.74) is 3.20. The molecule has 0 heterocycles. The van der Waals surface area contributed by atoms with Crippen LogP contribution in [0.1, 0.15) is 106 Å². The Morgan fingerprint density at radius 3 is 2.61 bits per heavy atom. The third kappa shape index (κ3) is 6.90. The van der Waals surface area contributed by atoms with Gasteiger partial charge in [0.1, 0.15) is 11.7 Å². The van der Waals surface area contributed by atoms with Crippen molar-refractivity contribution in [3.63, 3.8) is 0 Å². The monoisotopic (exact) mass is 500 g/mol. The molecular formula is C31H48O5. The van der Waals surface area contributed by atoms with E-state index in [9.17, 15) is 14.7 Å². The van der Waals surface area contributed by atoms with Crippen LogP contribution in [0, 0.1) is 23.2 Å². The summed E-state index contributed by atoms with van der Waals surface area (Å²) in [4.78, 5) is 22.8. The third-order valence-corrected chi connectivity index (χ3v) is 9.16. The number of ether oxygens (including phenoxy) is 2. The highest BCUT2D eigenvalue weighted by Crippen LogP contribution is 2.60. The Morgan fingerprint density at radius 1 is 1.22 bits per heavy atom. The first-order valence-electron chi connectivity index (χ1n) is 14.0. The van der Waals surface area contributed by atoms with Gasteiger partial charge in [0.2, 0.25) is 0 Å². The first kappa shape index (κ1) is 28.7. The Morgan fingerprint density at radius 2 is 1.94 bits per heavy atom. The number of fused-ring (bicyclic) bond motifs is 1. The molecule has 5 nitrogen and oxygen atoms in total. The second-order valence-corrected chi connectivity index (χ2v) is 12.5. The van der Waals surface area contributed by atoms with Crippen molar-refractivity contribution in [1.29, 1.82) is 0 Å². The highest BCUT2D eigenvalue weighted by molar-refractivity contribution is 5.66. The molecule has 2 unspecified atom stereocenters. The molecule has 36 heavy (non-hydrogen) atoms. The quantitative estimate of drug-likeness (QED) is 0.369. The predicted octanol–water partition coefficient (Wildman–Crippen LogP) is 6.85. The van der Waals surface area contributed by atoms with E-state index < -0.39 is 11.7 Å². The van der Waals surface area contributed by atoms with Crippen LogP contribution >= 0.6 is 0 Å². The van der Waals surface area contributed by atoms with E-state index in [1.54, 1.807) is 0 Å². The molecule has 0 aliphatic heterocycles. The first-order chi connectivity index (χ1) is 16.8. The smallest absolute Gasteiger partial charge is 0.303 e. The third-order valence-electron chi connectivity index (χ3n) is 9.16. The predicted molar refractivity (Wildman–Crippen MR) is 143 cm³/mol. The van der Waals surface area contributed by atoms with Crippen LogP contribution in [0.15, 0.2) is 35.5 Å². The summed E-state index contributed by atoms with van der Waals surface area (Å²) in [5.74, 6) is 1.43. The molecule has 0 radical (unpaired) electrons. The molecule has 6 atom stereocenters. The Kier molecular flexibility index (Phi) is 9.30. The highest BCUT2D eigenvalue weighted by atomic mass is 16.6. The van der Waals surface area contributed by atoms with Crippen LogP contribution in [0.5, 0.6) is 0 Å². The van der Waals surface area contributed by atoms with Gasteiger partial charge in [-0.15, -0.1) is 0 Å². The lowest BCUT2D eigenvalue weighted by molar-refractivity contribution is -0.154. The molecular weight excluding hydrogens is 452 g/mol. The number of aliphatic hydroxyl groups is 1. The number of carbonyl (C=O) groups excluding carboxylic acids is 2. The molecule has 0 spiro atoms. The van der Waals surface area contributed by atoms with Crippen LogP contribution in [0.2, 0.25) is 0 Å². The van der Waals surface area contributed by atoms with Gasteiger partial charge in [0.25, 0.3) is 0 Å².